The lowest BCUT2D eigenvalue weighted by Gasteiger charge is -2.26. The molecule has 7 heteroatoms. The molecule has 5 rings (SSSR count). The van der Waals surface area contributed by atoms with Crippen LogP contribution in [0.25, 0.3) is 22.9 Å². The minimum Gasteiger partial charge on any atom is -0.319 e. The van der Waals surface area contributed by atoms with E-state index in [0.29, 0.717) is 28.3 Å². The van der Waals surface area contributed by atoms with Crippen molar-refractivity contribution in [3.8, 4) is 23.6 Å². The van der Waals surface area contributed by atoms with Gasteiger partial charge in [-0.1, -0.05) is 42.3 Å². The number of carbonyl (C=O) groups excluding carboxylic acids is 2. The number of imidazole rings is 1. The van der Waals surface area contributed by atoms with E-state index in [9.17, 15) is 14.9 Å². The number of fused-ring (bicyclic) bond motifs is 1. The van der Waals surface area contributed by atoms with Gasteiger partial charge in [-0.25, -0.2) is 4.98 Å². The van der Waals surface area contributed by atoms with Crippen LogP contribution in [-0.2, 0) is 16.6 Å². The molecule has 0 saturated heterocycles. The number of para-hydroxylation sites is 1. The molecule has 4 aromatic rings. The van der Waals surface area contributed by atoms with Gasteiger partial charge < -0.3 is 4.57 Å². The van der Waals surface area contributed by atoms with Crippen LogP contribution in [0, 0.1) is 23.2 Å². The summed E-state index contributed by atoms with van der Waals surface area (Å²) in [6, 6.07) is 23.3. The largest absolute Gasteiger partial charge is 0.319 e. The summed E-state index contributed by atoms with van der Waals surface area (Å²) < 4.78 is 3.87. The Morgan fingerprint density at radius 3 is 2.30 bits per heavy atom. The van der Waals surface area contributed by atoms with E-state index < -0.39 is 11.8 Å². The maximum absolute atomic E-state index is 13.2. The van der Waals surface area contributed by atoms with Gasteiger partial charge in [0.2, 0.25) is 0 Å². The molecule has 37 heavy (non-hydrogen) atoms. The zero-order valence-electron chi connectivity index (χ0n) is 20.7. The Morgan fingerprint density at radius 2 is 1.65 bits per heavy atom. The highest BCUT2D eigenvalue weighted by atomic mass is 16.2. The number of nitriles is 1. The highest BCUT2D eigenvalue weighted by Crippen LogP contribution is 2.31. The van der Waals surface area contributed by atoms with Crippen molar-refractivity contribution in [3.05, 3.63) is 101 Å². The first-order chi connectivity index (χ1) is 17.9. The number of likely N-dealkylation sites (N-methyl/N-ethyl adjacent to an activating group) is 1. The molecule has 0 aliphatic carbocycles. The predicted molar refractivity (Wildman–Crippen MR) is 141 cm³/mol. The summed E-state index contributed by atoms with van der Waals surface area (Å²) in [5.41, 5.74) is 4.64. The Labute approximate surface area is 214 Å². The van der Waals surface area contributed by atoms with Crippen LogP contribution in [0.2, 0.25) is 0 Å². The van der Waals surface area contributed by atoms with Gasteiger partial charge in [-0.2, -0.15) is 5.26 Å². The zero-order valence-corrected chi connectivity index (χ0v) is 20.7. The number of imide groups is 1. The number of benzene rings is 2. The fraction of sp³-hybridized carbons (Fsp3) is 0.133. The average molecular weight is 486 g/mol. The zero-order chi connectivity index (χ0) is 26.1. The second-order valence-electron chi connectivity index (χ2n) is 8.58. The van der Waals surface area contributed by atoms with Gasteiger partial charge >= 0.3 is 0 Å². The molecule has 0 N–H and O–H groups in total. The molecule has 0 spiro atoms. The monoisotopic (exact) mass is 485 g/mol. The smallest absolute Gasteiger partial charge is 0.271 e. The Hall–Kier alpha value is -5.14. The van der Waals surface area contributed by atoms with Crippen LogP contribution in [0.3, 0.4) is 0 Å². The van der Waals surface area contributed by atoms with Crippen molar-refractivity contribution in [1.82, 2.24) is 19.0 Å². The van der Waals surface area contributed by atoms with Crippen molar-refractivity contribution < 1.29 is 9.59 Å². The Kier molecular flexibility index (Phi) is 6.05. The molecule has 0 radical (unpaired) electrons. The van der Waals surface area contributed by atoms with E-state index in [1.807, 2.05) is 89.0 Å². The van der Waals surface area contributed by atoms with Crippen molar-refractivity contribution in [3.63, 3.8) is 0 Å². The van der Waals surface area contributed by atoms with Crippen LogP contribution in [-0.4, -0.2) is 37.4 Å². The molecule has 0 saturated carbocycles. The van der Waals surface area contributed by atoms with Gasteiger partial charge in [0.25, 0.3) is 11.8 Å². The summed E-state index contributed by atoms with van der Waals surface area (Å²) in [5.74, 6) is 5.95. The quantitative estimate of drug-likeness (QED) is 0.245. The third-order valence-electron chi connectivity index (χ3n) is 6.42. The van der Waals surface area contributed by atoms with Crippen LogP contribution in [0.1, 0.15) is 30.9 Å². The molecule has 2 aromatic heterocycles. The summed E-state index contributed by atoms with van der Waals surface area (Å²) in [6.45, 7) is 3.53. The van der Waals surface area contributed by atoms with Crippen LogP contribution < -0.4 is 0 Å². The van der Waals surface area contributed by atoms with Gasteiger partial charge in [-0.05, 0) is 61.7 Å². The van der Waals surface area contributed by atoms with Gasteiger partial charge in [0.05, 0.1) is 11.2 Å². The maximum atomic E-state index is 13.2. The topological polar surface area (TPSA) is 83.9 Å². The standard InChI is InChI=1S/C30H23N5O2/c1-4-34-29(36)24(20(2)25(19-31)30(34)37)17-23-18-26-28(35(23)22-13-9-6-10-14-22)32-27(33(26)3)16-15-21-11-7-5-8-12-21/h5-14,17-18H,4H2,1-3H3/b24-17-. The molecule has 7 nitrogen and oxygen atoms in total. The lowest BCUT2D eigenvalue weighted by Crippen LogP contribution is -2.42. The Bertz CT molecular complexity index is 1720. The number of nitrogens with zero attached hydrogens (tertiary/aromatic N) is 5. The fourth-order valence-corrected chi connectivity index (χ4v) is 4.43. The molecule has 1 aliphatic rings. The highest BCUT2D eigenvalue weighted by molar-refractivity contribution is 6.19. The van der Waals surface area contributed by atoms with E-state index in [4.69, 9.17) is 4.98 Å². The molecule has 0 unspecified atom stereocenters. The number of amides is 2. The summed E-state index contributed by atoms with van der Waals surface area (Å²) in [4.78, 5) is 31.8. The molecule has 3 heterocycles. The second-order valence-corrected chi connectivity index (χ2v) is 8.58. The first kappa shape index (κ1) is 23.6. The lowest BCUT2D eigenvalue weighted by molar-refractivity contribution is -0.140. The summed E-state index contributed by atoms with van der Waals surface area (Å²) in [5, 5.41) is 9.60. The molecule has 0 atom stereocenters. The minimum absolute atomic E-state index is 0.0216. The third kappa shape index (κ3) is 4.03. The van der Waals surface area contributed by atoms with Crippen molar-refractivity contribution in [2.45, 2.75) is 13.8 Å². The van der Waals surface area contributed by atoms with Crippen molar-refractivity contribution in [1.29, 1.82) is 5.26 Å². The van der Waals surface area contributed by atoms with Gasteiger partial charge in [0, 0.05) is 30.4 Å². The van der Waals surface area contributed by atoms with Crippen LogP contribution in [0.15, 0.2) is 83.4 Å². The molecule has 2 aromatic carbocycles. The molecule has 0 bridgehead atoms. The Morgan fingerprint density at radius 1 is 0.973 bits per heavy atom. The summed E-state index contributed by atoms with van der Waals surface area (Å²) in [6.07, 6.45) is 1.73. The van der Waals surface area contributed by atoms with E-state index in [-0.39, 0.29) is 12.1 Å². The number of aromatic nitrogens is 3. The van der Waals surface area contributed by atoms with Gasteiger partial charge in [0.15, 0.2) is 11.5 Å². The van der Waals surface area contributed by atoms with Crippen molar-refractivity contribution in [2.75, 3.05) is 6.54 Å². The Balaban J connectivity index is 1.72. The van der Waals surface area contributed by atoms with Gasteiger partial charge in [-0.3, -0.25) is 19.1 Å². The number of carbonyl (C=O) groups is 2. The third-order valence-corrected chi connectivity index (χ3v) is 6.42. The minimum atomic E-state index is -0.559. The molecular formula is C30H23N5O2. The van der Waals surface area contributed by atoms with E-state index >= 15 is 0 Å². The van der Waals surface area contributed by atoms with E-state index in [1.165, 1.54) is 0 Å². The fourth-order valence-electron chi connectivity index (χ4n) is 4.43. The molecule has 2 amide bonds. The number of aryl methyl sites for hydroxylation is 1. The molecule has 1 aliphatic heterocycles. The van der Waals surface area contributed by atoms with Gasteiger partial charge in [0.1, 0.15) is 11.6 Å². The molecular weight excluding hydrogens is 462 g/mol. The summed E-state index contributed by atoms with van der Waals surface area (Å²) in [7, 11) is 1.90. The van der Waals surface area contributed by atoms with Crippen LogP contribution >= 0.6 is 0 Å². The lowest BCUT2D eigenvalue weighted by atomic mass is 9.94. The summed E-state index contributed by atoms with van der Waals surface area (Å²) >= 11 is 0. The first-order valence-electron chi connectivity index (χ1n) is 11.8. The predicted octanol–water partition coefficient (Wildman–Crippen LogP) is 4.38. The van der Waals surface area contributed by atoms with Crippen LogP contribution in [0.4, 0.5) is 0 Å². The highest BCUT2D eigenvalue weighted by Gasteiger charge is 2.34. The average Bonchev–Trinajstić information content (AvgIpc) is 3.42. The van der Waals surface area contributed by atoms with Crippen molar-refractivity contribution in [2.24, 2.45) is 7.05 Å². The molecule has 180 valence electrons. The van der Waals surface area contributed by atoms with E-state index in [1.54, 1.807) is 19.9 Å². The number of hydrogen-bond acceptors (Lipinski definition) is 4. The van der Waals surface area contributed by atoms with E-state index in [0.717, 1.165) is 21.7 Å². The first-order valence-corrected chi connectivity index (χ1v) is 11.8. The SMILES string of the molecule is CCN1C(=O)C(C#N)=C(C)/C(=C/c2cc3c(nc(C#Cc4ccccc4)n3C)n2-c2ccccc2)C1=O. The number of hydrogen-bond donors (Lipinski definition) is 0. The van der Waals surface area contributed by atoms with Crippen molar-refractivity contribution >= 4 is 29.1 Å². The van der Waals surface area contributed by atoms with E-state index in [2.05, 4.69) is 11.8 Å². The van der Waals surface area contributed by atoms with Gasteiger partial charge in [-0.15, -0.1) is 0 Å². The second kappa shape index (κ2) is 9.49. The maximum Gasteiger partial charge on any atom is 0.271 e. The van der Waals surface area contributed by atoms with Crippen LogP contribution in [0.5, 0.6) is 0 Å². The normalized spacial score (nSPS) is 14.8. The molecule has 0 fully saturated rings. The number of rotatable bonds is 3.